The molecule has 2 fully saturated rings. The third-order valence-electron chi connectivity index (χ3n) is 7.63. The lowest BCUT2D eigenvalue weighted by atomic mass is 9.79. The molecule has 5 rings (SSSR count). The first-order valence-electron chi connectivity index (χ1n) is 14.3. The van der Waals surface area contributed by atoms with E-state index in [0.717, 1.165) is 48.7 Å². The number of ether oxygens (including phenoxy) is 2. The van der Waals surface area contributed by atoms with E-state index in [-0.39, 0.29) is 35.7 Å². The van der Waals surface area contributed by atoms with E-state index in [1.165, 1.54) is 0 Å². The van der Waals surface area contributed by atoms with Crippen LogP contribution in [0.2, 0.25) is 0 Å². The Morgan fingerprint density at radius 2 is 1.95 bits per heavy atom. The van der Waals surface area contributed by atoms with E-state index in [1.54, 1.807) is 16.9 Å². The molecule has 214 valence electrons. The number of nitrogens with one attached hydrogen (secondary N) is 3. The first-order valence-corrected chi connectivity index (χ1v) is 14.3. The van der Waals surface area contributed by atoms with Gasteiger partial charge in [0.05, 0.1) is 18.0 Å². The number of rotatable bonds is 13. The maximum absolute atomic E-state index is 12.9. The molecular weight excluding hydrogens is 510 g/mol. The molecule has 3 aromatic heterocycles. The van der Waals surface area contributed by atoms with Gasteiger partial charge in [-0.1, -0.05) is 13.8 Å². The van der Waals surface area contributed by atoms with Crippen LogP contribution in [0.5, 0.6) is 0 Å². The Morgan fingerprint density at radius 1 is 1.12 bits per heavy atom. The summed E-state index contributed by atoms with van der Waals surface area (Å²) in [5.41, 5.74) is 2.74. The number of carbonyl (C=O) groups is 2. The quantitative estimate of drug-likeness (QED) is 0.277. The number of hydrogen-bond donors (Lipinski definition) is 3. The minimum absolute atomic E-state index is 0.0152. The van der Waals surface area contributed by atoms with Gasteiger partial charge in [0.15, 0.2) is 11.6 Å². The summed E-state index contributed by atoms with van der Waals surface area (Å²) in [6, 6.07) is 6.27. The Bertz CT molecular complexity index is 1280. The smallest absolute Gasteiger partial charge is 0.228 e. The van der Waals surface area contributed by atoms with E-state index in [0.29, 0.717) is 44.6 Å². The van der Waals surface area contributed by atoms with Gasteiger partial charge < -0.3 is 25.4 Å². The molecule has 11 heteroatoms. The number of amides is 2. The normalized spacial score (nSPS) is 21.2. The highest BCUT2D eigenvalue weighted by atomic mass is 16.5. The number of fused-ring (bicyclic) bond motifs is 1. The predicted octanol–water partition coefficient (Wildman–Crippen LogP) is 2.96. The van der Waals surface area contributed by atoms with Gasteiger partial charge in [-0.25, -0.2) is 14.5 Å². The number of anilines is 1. The van der Waals surface area contributed by atoms with Gasteiger partial charge in [0, 0.05) is 68.0 Å². The molecule has 0 bridgehead atoms. The molecule has 2 aliphatic rings. The summed E-state index contributed by atoms with van der Waals surface area (Å²) in [6.45, 7) is 7.03. The van der Waals surface area contributed by atoms with Gasteiger partial charge in [-0.3, -0.25) is 9.59 Å². The lowest BCUT2D eigenvalue weighted by Gasteiger charge is -2.37. The second-order valence-electron chi connectivity index (χ2n) is 10.7. The molecule has 2 amide bonds. The Morgan fingerprint density at radius 3 is 2.67 bits per heavy atom. The number of aromatic nitrogens is 4. The van der Waals surface area contributed by atoms with Crippen molar-refractivity contribution in [2.45, 2.75) is 64.6 Å². The van der Waals surface area contributed by atoms with Crippen LogP contribution in [0.3, 0.4) is 0 Å². The largest absolute Gasteiger partial charge is 0.381 e. The number of hydrogen-bond acceptors (Lipinski definition) is 8. The molecule has 3 aromatic rings. The maximum atomic E-state index is 12.9. The zero-order valence-electron chi connectivity index (χ0n) is 23.3. The molecule has 1 unspecified atom stereocenters. The third-order valence-corrected chi connectivity index (χ3v) is 7.63. The summed E-state index contributed by atoms with van der Waals surface area (Å²) in [5.74, 6) is 1.16. The molecule has 11 nitrogen and oxygen atoms in total. The fraction of sp³-hybridized carbons (Fsp3) is 0.552. The van der Waals surface area contributed by atoms with Crippen molar-refractivity contribution in [2.75, 3.05) is 31.7 Å². The molecule has 1 aliphatic carbocycles. The highest BCUT2D eigenvalue weighted by Gasteiger charge is 2.35. The zero-order chi connectivity index (χ0) is 27.9. The molecule has 1 aliphatic heterocycles. The minimum Gasteiger partial charge on any atom is -0.381 e. The van der Waals surface area contributed by atoms with Gasteiger partial charge in [-0.15, -0.1) is 0 Å². The van der Waals surface area contributed by atoms with Crippen molar-refractivity contribution in [3.05, 3.63) is 42.6 Å². The molecule has 2 atom stereocenters. The molecule has 1 saturated carbocycles. The highest BCUT2D eigenvalue weighted by molar-refractivity contribution is 5.93. The standard InChI is InChI=1S/C29H39N7O4/c1-3-8-39-18-27-30-14-22(15-31-27)19-5-7-36-25(12-19)13-26(35-36)34-29(38)21-10-24(11-21)33-23(4-2)16-32-28(37)20-6-9-40-17-20/h5,7,12-15,20-21,23-24,33H,3-4,6,8-11,16-18H2,1-2H3,(H,32,37)(H,34,35,38)/t20?,21?,23-,24?/m0/s1. The van der Waals surface area contributed by atoms with E-state index in [9.17, 15) is 9.59 Å². The summed E-state index contributed by atoms with van der Waals surface area (Å²) in [5, 5.41) is 14.1. The van der Waals surface area contributed by atoms with Crippen molar-refractivity contribution in [3.63, 3.8) is 0 Å². The van der Waals surface area contributed by atoms with Gasteiger partial charge in [0.25, 0.3) is 0 Å². The van der Waals surface area contributed by atoms with Crippen LogP contribution >= 0.6 is 0 Å². The van der Waals surface area contributed by atoms with Gasteiger partial charge in [0.1, 0.15) is 6.61 Å². The molecule has 4 heterocycles. The maximum Gasteiger partial charge on any atom is 0.228 e. The van der Waals surface area contributed by atoms with Crippen molar-refractivity contribution in [2.24, 2.45) is 11.8 Å². The molecule has 0 aromatic carbocycles. The van der Waals surface area contributed by atoms with E-state index < -0.39 is 0 Å². The SMILES string of the molecule is CCCOCc1ncc(-c2ccn3nc(NC(=O)C4CC(N[C@@H](CC)CNC(=O)C5CCOC5)C4)cc3c2)cn1. The fourth-order valence-corrected chi connectivity index (χ4v) is 5.08. The lowest BCUT2D eigenvalue weighted by molar-refractivity contribution is -0.125. The Balaban J connectivity index is 1.09. The van der Waals surface area contributed by atoms with Crippen LogP contribution in [0.4, 0.5) is 5.82 Å². The van der Waals surface area contributed by atoms with Crippen molar-refractivity contribution in [1.29, 1.82) is 0 Å². The van der Waals surface area contributed by atoms with Crippen molar-refractivity contribution in [3.8, 4) is 11.1 Å². The second-order valence-corrected chi connectivity index (χ2v) is 10.7. The van der Waals surface area contributed by atoms with E-state index in [2.05, 4.69) is 44.9 Å². The molecule has 0 radical (unpaired) electrons. The second kappa shape index (κ2) is 13.3. The molecule has 1 saturated heterocycles. The zero-order valence-corrected chi connectivity index (χ0v) is 23.3. The summed E-state index contributed by atoms with van der Waals surface area (Å²) >= 11 is 0. The first-order chi connectivity index (χ1) is 19.5. The van der Waals surface area contributed by atoms with Crippen LogP contribution < -0.4 is 16.0 Å². The highest BCUT2D eigenvalue weighted by Crippen LogP contribution is 2.29. The van der Waals surface area contributed by atoms with Crippen molar-refractivity contribution in [1.82, 2.24) is 30.2 Å². The topological polar surface area (TPSA) is 132 Å². The van der Waals surface area contributed by atoms with Crippen LogP contribution in [0.1, 0.15) is 51.8 Å². The summed E-state index contributed by atoms with van der Waals surface area (Å²) < 4.78 is 12.6. The monoisotopic (exact) mass is 549 g/mol. The fourth-order valence-electron chi connectivity index (χ4n) is 5.08. The summed E-state index contributed by atoms with van der Waals surface area (Å²) in [7, 11) is 0. The van der Waals surface area contributed by atoms with Crippen LogP contribution in [0.15, 0.2) is 36.8 Å². The van der Waals surface area contributed by atoms with Gasteiger partial charge >= 0.3 is 0 Å². The van der Waals surface area contributed by atoms with Gasteiger partial charge in [-0.2, -0.15) is 5.10 Å². The average Bonchev–Trinajstić information content (AvgIpc) is 3.62. The van der Waals surface area contributed by atoms with Gasteiger partial charge in [0.2, 0.25) is 11.8 Å². The molecular formula is C29H39N7O4. The molecule has 40 heavy (non-hydrogen) atoms. The average molecular weight is 550 g/mol. The van der Waals surface area contributed by atoms with E-state index in [1.807, 2.05) is 24.4 Å². The van der Waals surface area contributed by atoms with Crippen LogP contribution in [0.25, 0.3) is 16.6 Å². The van der Waals surface area contributed by atoms with Crippen LogP contribution in [0, 0.1) is 11.8 Å². The number of carbonyl (C=O) groups excluding carboxylic acids is 2. The third kappa shape index (κ3) is 7.01. The summed E-state index contributed by atoms with van der Waals surface area (Å²) in [4.78, 5) is 33.9. The Hall–Kier alpha value is -3.41. The van der Waals surface area contributed by atoms with Gasteiger partial charge in [-0.05, 0) is 49.8 Å². The van der Waals surface area contributed by atoms with Crippen LogP contribution in [-0.2, 0) is 25.7 Å². The first kappa shape index (κ1) is 28.1. The van der Waals surface area contributed by atoms with E-state index in [4.69, 9.17) is 9.47 Å². The Labute approximate surface area is 234 Å². The van der Waals surface area contributed by atoms with Crippen LogP contribution in [-0.4, -0.2) is 69.8 Å². The van der Waals surface area contributed by atoms with Crippen molar-refractivity contribution < 1.29 is 19.1 Å². The van der Waals surface area contributed by atoms with E-state index >= 15 is 0 Å². The summed E-state index contributed by atoms with van der Waals surface area (Å²) in [6.07, 6.45) is 9.65. The Kier molecular flexibility index (Phi) is 9.35. The predicted molar refractivity (Wildman–Crippen MR) is 150 cm³/mol. The number of pyridine rings is 1. The molecule has 3 N–H and O–H groups in total. The number of nitrogens with zero attached hydrogens (tertiary/aromatic N) is 4. The lowest BCUT2D eigenvalue weighted by Crippen LogP contribution is -2.52. The molecule has 0 spiro atoms. The van der Waals surface area contributed by atoms with Crippen molar-refractivity contribution >= 4 is 23.1 Å². The minimum atomic E-state index is -0.0578.